The van der Waals surface area contributed by atoms with Gasteiger partial charge in [0.1, 0.15) is 0 Å². The Morgan fingerprint density at radius 2 is 2.04 bits per heavy atom. The number of hydrogen-bond donors (Lipinski definition) is 2. The van der Waals surface area contributed by atoms with Crippen LogP contribution in [0.1, 0.15) is 17.2 Å². The van der Waals surface area contributed by atoms with E-state index in [0.29, 0.717) is 6.54 Å². The van der Waals surface area contributed by atoms with Gasteiger partial charge in [0.05, 0.1) is 6.10 Å². The molecule has 0 unspecified atom stereocenters. The Balaban J connectivity index is 1.64. The molecular weight excluding hydrogens is 288 g/mol. The minimum Gasteiger partial charge on any atom is -0.396 e. The molecule has 1 aromatic heterocycles. The van der Waals surface area contributed by atoms with Crippen molar-refractivity contribution in [2.45, 2.75) is 18.9 Å². The number of aryl methyl sites for hydroxylation is 1. The molecule has 1 spiro atoms. The number of benzene rings is 1. The van der Waals surface area contributed by atoms with Crippen LogP contribution in [0.5, 0.6) is 0 Å². The Morgan fingerprint density at radius 3 is 2.74 bits per heavy atom. The average Bonchev–Trinajstić information content (AvgIpc) is 3.10. The molecule has 0 radical (unpaired) electrons. The minimum atomic E-state index is -0.418. The van der Waals surface area contributed by atoms with Crippen molar-refractivity contribution in [1.82, 2.24) is 4.98 Å². The molecule has 2 heterocycles. The van der Waals surface area contributed by atoms with Crippen molar-refractivity contribution in [1.29, 1.82) is 0 Å². The summed E-state index contributed by atoms with van der Waals surface area (Å²) in [6.07, 6.45) is 1.39. The van der Waals surface area contributed by atoms with E-state index in [0.717, 1.165) is 17.9 Å². The van der Waals surface area contributed by atoms with Gasteiger partial charge in [-0.15, -0.1) is 0 Å². The molecule has 1 saturated heterocycles. The summed E-state index contributed by atoms with van der Waals surface area (Å²) in [5, 5.41) is 20.6. The maximum absolute atomic E-state index is 10.8. The van der Waals surface area contributed by atoms with Crippen LogP contribution in [0.25, 0.3) is 0 Å². The second kappa shape index (κ2) is 5.32. The van der Waals surface area contributed by atoms with Crippen LogP contribution in [-0.2, 0) is 0 Å². The molecule has 1 saturated carbocycles. The first-order chi connectivity index (χ1) is 11.2. The molecule has 23 heavy (non-hydrogen) atoms. The highest BCUT2D eigenvalue weighted by Crippen LogP contribution is 2.68. The fraction of sp³-hybridized carbons (Fsp3) is 0.421. The second-order valence-electron chi connectivity index (χ2n) is 6.84. The molecule has 120 valence electrons. The number of aliphatic hydroxyl groups excluding tert-OH is 2. The first-order valence-electron chi connectivity index (χ1n) is 8.18. The van der Waals surface area contributed by atoms with E-state index in [2.05, 4.69) is 28.1 Å². The van der Waals surface area contributed by atoms with Crippen LogP contribution < -0.4 is 4.90 Å². The summed E-state index contributed by atoms with van der Waals surface area (Å²) < 4.78 is 0. The van der Waals surface area contributed by atoms with Gasteiger partial charge in [-0.2, -0.15) is 0 Å². The van der Waals surface area contributed by atoms with Crippen molar-refractivity contribution in [2.24, 2.45) is 11.3 Å². The third-order valence-corrected chi connectivity index (χ3v) is 5.64. The summed E-state index contributed by atoms with van der Waals surface area (Å²) in [6, 6.07) is 14.3. The number of aliphatic hydroxyl groups is 2. The van der Waals surface area contributed by atoms with E-state index in [4.69, 9.17) is 0 Å². The summed E-state index contributed by atoms with van der Waals surface area (Å²) >= 11 is 0. The molecule has 0 bridgehead atoms. The van der Waals surface area contributed by atoms with Gasteiger partial charge in [-0.25, -0.2) is 0 Å². The number of β-amino-alcohol motifs (C(OH)–C–C–N with tert-alkyl or cyclic N) is 1. The SMILES string of the molecule is Cc1cc(N2C[C@@H](O)[C@@]3(C2)[C@H](CO)[C@H]3c2ccccc2)ccn1. The van der Waals surface area contributed by atoms with Crippen LogP contribution in [0.2, 0.25) is 0 Å². The fourth-order valence-corrected chi connectivity index (χ4v) is 4.49. The molecule has 0 amide bonds. The lowest BCUT2D eigenvalue weighted by Gasteiger charge is -2.19. The lowest BCUT2D eigenvalue weighted by atomic mass is 9.95. The van der Waals surface area contributed by atoms with Crippen molar-refractivity contribution in [3.05, 3.63) is 59.9 Å². The summed E-state index contributed by atoms with van der Waals surface area (Å²) in [5.74, 6) is 0.365. The van der Waals surface area contributed by atoms with Crippen LogP contribution in [0.15, 0.2) is 48.7 Å². The zero-order valence-electron chi connectivity index (χ0n) is 13.3. The Morgan fingerprint density at radius 1 is 1.26 bits per heavy atom. The first-order valence-corrected chi connectivity index (χ1v) is 8.18. The first kappa shape index (κ1) is 14.7. The highest BCUT2D eigenvalue weighted by Gasteiger charge is 2.71. The van der Waals surface area contributed by atoms with Gasteiger partial charge in [0.25, 0.3) is 0 Å². The lowest BCUT2D eigenvalue weighted by molar-refractivity contribution is 0.113. The Hall–Kier alpha value is -1.91. The maximum atomic E-state index is 10.8. The van der Waals surface area contributed by atoms with Gasteiger partial charge in [-0.3, -0.25) is 4.98 Å². The number of hydrogen-bond acceptors (Lipinski definition) is 4. The third kappa shape index (κ3) is 2.17. The molecule has 1 aromatic carbocycles. The normalized spacial score (nSPS) is 32.5. The number of anilines is 1. The van der Waals surface area contributed by atoms with Crippen molar-refractivity contribution in [3.8, 4) is 0 Å². The van der Waals surface area contributed by atoms with Gasteiger partial charge >= 0.3 is 0 Å². The van der Waals surface area contributed by atoms with E-state index in [1.807, 2.05) is 37.4 Å². The predicted molar refractivity (Wildman–Crippen MR) is 89.4 cm³/mol. The van der Waals surface area contributed by atoms with Crippen LogP contribution in [0, 0.1) is 18.3 Å². The van der Waals surface area contributed by atoms with E-state index < -0.39 is 6.10 Å². The molecular formula is C19H22N2O2. The van der Waals surface area contributed by atoms with Gasteiger partial charge in [-0.1, -0.05) is 30.3 Å². The van der Waals surface area contributed by atoms with Crippen LogP contribution in [-0.4, -0.2) is 41.0 Å². The van der Waals surface area contributed by atoms with E-state index in [1.165, 1.54) is 5.56 Å². The number of nitrogens with zero attached hydrogens (tertiary/aromatic N) is 2. The van der Waals surface area contributed by atoms with Crippen molar-refractivity contribution < 1.29 is 10.2 Å². The topological polar surface area (TPSA) is 56.6 Å². The highest BCUT2D eigenvalue weighted by molar-refractivity contribution is 5.51. The van der Waals surface area contributed by atoms with Gasteiger partial charge in [0.15, 0.2) is 0 Å². The Kier molecular flexibility index (Phi) is 3.39. The van der Waals surface area contributed by atoms with Crippen LogP contribution in [0.4, 0.5) is 5.69 Å². The van der Waals surface area contributed by atoms with Crippen molar-refractivity contribution in [2.75, 3.05) is 24.6 Å². The molecule has 2 aromatic rings. The Bertz CT molecular complexity index is 706. The molecule has 2 aliphatic rings. The van der Waals surface area contributed by atoms with Crippen molar-refractivity contribution in [3.63, 3.8) is 0 Å². The van der Waals surface area contributed by atoms with E-state index in [1.54, 1.807) is 0 Å². The van der Waals surface area contributed by atoms with E-state index >= 15 is 0 Å². The molecule has 4 nitrogen and oxygen atoms in total. The predicted octanol–water partition coefficient (Wildman–Crippen LogP) is 1.96. The lowest BCUT2D eigenvalue weighted by Crippen LogP contribution is -2.23. The largest absolute Gasteiger partial charge is 0.396 e. The Labute approximate surface area is 136 Å². The summed E-state index contributed by atoms with van der Waals surface area (Å²) in [5.41, 5.74) is 3.07. The zero-order valence-corrected chi connectivity index (χ0v) is 13.3. The number of pyridine rings is 1. The van der Waals surface area contributed by atoms with Gasteiger partial charge in [0.2, 0.25) is 0 Å². The van der Waals surface area contributed by atoms with Crippen LogP contribution in [0.3, 0.4) is 0 Å². The average molecular weight is 310 g/mol. The number of rotatable bonds is 3. The summed E-state index contributed by atoms with van der Waals surface area (Å²) in [7, 11) is 0. The molecule has 1 aliphatic heterocycles. The number of aromatic nitrogens is 1. The quantitative estimate of drug-likeness (QED) is 0.910. The van der Waals surface area contributed by atoms with Crippen LogP contribution >= 0.6 is 0 Å². The van der Waals surface area contributed by atoms with E-state index in [-0.39, 0.29) is 23.9 Å². The third-order valence-electron chi connectivity index (χ3n) is 5.64. The minimum absolute atomic E-state index is 0.125. The molecule has 2 fully saturated rings. The second-order valence-corrected chi connectivity index (χ2v) is 6.84. The standard InChI is InChI=1S/C19H22N2O2/c1-13-9-15(7-8-20-13)21-10-17(23)19(12-21)16(11-22)18(19)14-5-3-2-4-6-14/h2-9,16-18,22-23H,10-12H2,1H3/t16-,17-,18-,19-/m1/s1. The molecule has 1 aliphatic carbocycles. The smallest absolute Gasteiger partial charge is 0.0797 e. The zero-order chi connectivity index (χ0) is 16.0. The molecule has 2 N–H and O–H groups in total. The van der Waals surface area contributed by atoms with Gasteiger partial charge < -0.3 is 15.1 Å². The van der Waals surface area contributed by atoms with Gasteiger partial charge in [0, 0.05) is 42.7 Å². The van der Waals surface area contributed by atoms with Crippen molar-refractivity contribution >= 4 is 5.69 Å². The fourth-order valence-electron chi connectivity index (χ4n) is 4.49. The molecule has 4 rings (SSSR count). The molecule has 4 heteroatoms. The molecule has 4 atom stereocenters. The van der Waals surface area contributed by atoms with E-state index in [9.17, 15) is 10.2 Å². The maximum Gasteiger partial charge on any atom is 0.0797 e. The monoisotopic (exact) mass is 310 g/mol. The summed E-state index contributed by atoms with van der Waals surface area (Å²) in [6.45, 7) is 3.50. The van der Waals surface area contributed by atoms with Gasteiger partial charge in [-0.05, 0) is 36.5 Å². The summed E-state index contributed by atoms with van der Waals surface area (Å²) in [4.78, 5) is 6.47. The highest BCUT2D eigenvalue weighted by atomic mass is 16.3.